The maximum absolute atomic E-state index is 6.62. The molecule has 11 aromatic rings. The number of nitrogens with zero attached hydrogens (tertiary/aromatic N) is 1. The van der Waals surface area contributed by atoms with Crippen molar-refractivity contribution in [2.45, 2.75) is 0 Å². The van der Waals surface area contributed by atoms with Crippen LogP contribution in [0, 0.1) is 0 Å². The Balaban J connectivity index is 0.958. The number of anilines is 3. The molecular weight excluding hydrogens is 703 g/mol. The third-order valence-electron chi connectivity index (χ3n) is 11.5. The van der Waals surface area contributed by atoms with Crippen LogP contribution < -0.4 is 4.90 Å². The van der Waals surface area contributed by atoms with Crippen LogP contribution in [0.15, 0.2) is 229 Å². The van der Waals surface area contributed by atoms with Gasteiger partial charge >= 0.3 is 0 Å². The summed E-state index contributed by atoms with van der Waals surface area (Å²) >= 11 is 0. The topological polar surface area (TPSA) is 16.4 Å². The van der Waals surface area contributed by atoms with Gasteiger partial charge in [-0.1, -0.05) is 170 Å². The Morgan fingerprint density at radius 3 is 1.52 bits per heavy atom. The molecule has 1 aromatic heterocycles. The Labute approximate surface area is 337 Å². The van der Waals surface area contributed by atoms with Crippen molar-refractivity contribution in [2.24, 2.45) is 0 Å². The van der Waals surface area contributed by atoms with Crippen molar-refractivity contribution in [2.75, 3.05) is 4.90 Å². The van der Waals surface area contributed by atoms with Crippen molar-refractivity contribution in [3.05, 3.63) is 224 Å². The molecule has 2 nitrogen and oxygen atoms in total. The lowest BCUT2D eigenvalue weighted by Crippen LogP contribution is -2.09. The van der Waals surface area contributed by atoms with E-state index in [0.29, 0.717) is 0 Å². The Morgan fingerprint density at radius 2 is 0.776 bits per heavy atom. The smallest absolute Gasteiger partial charge is 0.143 e. The van der Waals surface area contributed by atoms with Crippen molar-refractivity contribution >= 4 is 60.5 Å². The number of hydrogen-bond donors (Lipinski definition) is 0. The summed E-state index contributed by atoms with van der Waals surface area (Å²) in [5.74, 6) is 0. The largest absolute Gasteiger partial charge is 0.455 e. The molecule has 58 heavy (non-hydrogen) atoms. The molecule has 1 heterocycles. The molecule has 0 saturated carbocycles. The van der Waals surface area contributed by atoms with Gasteiger partial charge in [-0.25, -0.2) is 0 Å². The Hall–Kier alpha value is -7.68. The van der Waals surface area contributed by atoms with Crippen molar-refractivity contribution in [1.29, 1.82) is 0 Å². The Morgan fingerprint density at radius 1 is 0.276 bits per heavy atom. The summed E-state index contributed by atoms with van der Waals surface area (Å²) < 4.78 is 6.62. The molecule has 0 bridgehead atoms. The van der Waals surface area contributed by atoms with Crippen molar-refractivity contribution in [1.82, 2.24) is 0 Å². The normalized spacial score (nSPS) is 11.4. The van der Waals surface area contributed by atoms with Crippen molar-refractivity contribution in [3.63, 3.8) is 0 Å². The second-order valence-electron chi connectivity index (χ2n) is 14.9. The number of para-hydroxylation sites is 1. The van der Waals surface area contributed by atoms with Gasteiger partial charge in [0.1, 0.15) is 11.2 Å². The molecule has 0 spiro atoms. The zero-order chi connectivity index (χ0) is 38.4. The molecule has 0 aliphatic carbocycles. The van der Waals surface area contributed by atoms with Crippen LogP contribution in [0.3, 0.4) is 0 Å². The van der Waals surface area contributed by atoms with Gasteiger partial charge in [0, 0.05) is 33.2 Å². The molecule has 11 rings (SSSR count). The van der Waals surface area contributed by atoms with Crippen LogP contribution in [0.4, 0.5) is 17.1 Å². The maximum Gasteiger partial charge on any atom is 0.143 e. The molecule has 0 amide bonds. The molecule has 0 fully saturated rings. The minimum atomic E-state index is 0.888. The molecular formula is C56H37NO. The van der Waals surface area contributed by atoms with Gasteiger partial charge in [0.2, 0.25) is 0 Å². The minimum absolute atomic E-state index is 0.888. The summed E-state index contributed by atoms with van der Waals surface area (Å²) in [5, 5.41) is 7.05. The van der Waals surface area contributed by atoms with Gasteiger partial charge in [0.25, 0.3) is 0 Å². The molecule has 0 saturated heterocycles. The lowest BCUT2D eigenvalue weighted by atomic mass is 9.93. The van der Waals surface area contributed by atoms with Crippen molar-refractivity contribution < 1.29 is 4.42 Å². The first-order chi connectivity index (χ1) is 28.7. The van der Waals surface area contributed by atoms with E-state index in [1.165, 1.54) is 49.5 Å². The summed E-state index contributed by atoms with van der Waals surface area (Å²) in [7, 11) is 0. The van der Waals surface area contributed by atoms with E-state index in [9.17, 15) is 0 Å². The molecule has 0 aliphatic rings. The maximum atomic E-state index is 6.62. The zero-order valence-corrected chi connectivity index (χ0v) is 31.7. The van der Waals surface area contributed by atoms with Crippen LogP contribution in [0.5, 0.6) is 0 Å². The fourth-order valence-electron chi connectivity index (χ4n) is 8.58. The van der Waals surface area contributed by atoms with E-state index in [1.807, 2.05) is 0 Å². The highest BCUT2D eigenvalue weighted by atomic mass is 16.3. The molecule has 0 unspecified atom stereocenters. The Kier molecular flexibility index (Phi) is 8.19. The third-order valence-corrected chi connectivity index (χ3v) is 11.5. The number of fused-ring (bicyclic) bond motifs is 6. The molecule has 10 aromatic carbocycles. The number of rotatable bonds is 7. The number of benzene rings is 10. The van der Waals surface area contributed by atoms with E-state index < -0.39 is 0 Å². The highest BCUT2D eigenvalue weighted by Gasteiger charge is 2.17. The standard InChI is InChI=1S/C56H37NO/c1-3-12-38(13-4-1)39-22-24-43(25-23-39)52-37-54-53-36-44(30-35-55(53)58-56(54)51-20-10-9-19-50(51)52)40-26-31-46(32-27-40)57(45-16-5-2-6-17-45)47-33-28-42(29-34-47)49-21-11-15-41-14-7-8-18-48(41)49/h1-37H. The molecule has 0 atom stereocenters. The molecule has 0 radical (unpaired) electrons. The van der Waals surface area contributed by atoms with Crippen LogP contribution in [0.25, 0.3) is 88.0 Å². The lowest BCUT2D eigenvalue weighted by molar-refractivity contribution is 0.673. The average molecular weight is 740 g/mol. The molecule has 0 N–H and O–H groups in total. The predicted octanol–water partition coefficient (Wildman–Crippen LogP) is 16.0. The van der Waals surface area contributed by atoms with E-state index >= 15 is 0 Å². The summed E-state index contributed by atoms with van der Waals surface area (Å²) in [4.78, 5) is 2.32. The predicted molar refractivity (Wildman–Crippen MR) is 245 cm³/mol. The minimum Gasteiger partial charge on any atom is -0.455 e. The van der Waals surface area contributed by atoms with E-state index in [2.05, 4.69) is 229 Å². The van der Waals surface area contributed by atoms with E-state index in [4.69, 9.17) is 4.42 Å². The average Bonchev–Trinajstić information content (AvgIpc) is 3.68. The second-order valence-corrected chi connectivity index (χ2v) is 14.9. The van der Waals surface area contributed by atoms with Crippen LogP contribution in [-0.2, 0) is 0 Å². The van der Waals surface area contributed by atoms with Gasteiger partial charge in [0.05, 0.1) is 0 Å². The monoisotopic (exact) mass is 739 g/mol. The van der Waals surface area contributed by atoms with E-state index in [0.717, 1.165) is 55.5 Å². The highest BCUT2D eigenvalue weighted by molar-refractivity contribution is 6.19. The fraction of sp³-hybridized carbons (Fsp3) is 0. The summed E-state index contributed by atoms with van der Waals surface area (Å²) in [6.45, 7) is 0. The SMILES string of the molecule is c1ccc(-c2ccc(-c3cc4c5cc(-c6ccc(N(c7ccccc7)c7ccc(-c8cccc9ccccc89)cc7)cc6)ccc5oc4c4ccccc34)cc2)cc1. The van der Waals surface area contributed by atoms with Gasteiger partial charge in [-0.15, -0.1) is 0 Å². The van der Waals surface area contributed by atoms with Crippen LogP contribution in [0.2, 0.25) is 0 Å². The van der Waals surface area contributed by atoms with Crippen LogP contribution in [-0.4, -0.2) is 0 Å². The first kappa shape index (κ1) is 33.6. The number of hydrogen-bond acceptors (Lipinski definition) is 2. The van der Waals surface area contributed by atoms with Gasteiger partial charge in [-0.05, 0) is 115 Å². The highest BCUT2D eigenvalue weighted by Crippen LogP contribution is 2.42. The third kappa shape index (κ3) is 5.91. The summed E-state index contributed by atoms with van der Waals surface area (Å²) in [5.41, 5.74) is 14.7. The first-order valence-corrected chi connectivity index (χ1v) is 19.8. The van der Waals surface area contributed by atoms with Gasteiger partial charge in [0.15, 0.2) is 0 Å². The number of furan rings is 1. The van der Waals surface area contributed by atoms with Gasteiger partial charge < -0.3 is 9.32 Å². The zero-order valence-electron chi connectivity index (χ0n) is 31.7. The summed E-state index contributed by atoms with van der Waals surface area (Å²) in [6.07, 6.45) is 0. The van der Waals surface area contributed by atoms with Crippen LogP contribution >= 0.6 is 0 Å². The quantitative estimate of drug-likeness (QED) is 0.162. The fourth-order valence-corrected chi connectivity index (χ4v) is 8.58. The summed E-state index contributed by atoms with van der Waals surface area (Å²) in [6, 6.07) is 80.5. The van der Waals surface area contributed by atoms with Crippen molar-refractivity contribution in [3.8, 4) is 44.5 Å². The molecule has 272 valence electrons. The van der Waals surface area contributed by atoms with Gasteiger partial charge in [-0.2, -0.15) is 0 Å². The van der Waals surface area contributed by atoms with Crippen LogP contribution in [0.1, 0.15) is 0 Å². The Bertz CT molecular complexity index is 3230. The van der Waals surface area contributed by atoms with E-state index in [-0.39, 0.29) is 0 Å². The second kappa shape index (κ2) is 14.1. The molecule has 0 aliphatic heterocycles. The van der Waals surface area contributed by atoms with E-state index in [1.54, 1.807) is 0 Å². The molecule has 2 heteroatoms. The lowest BCUT2D eigenvalue weighted by Gasteiger charge is -2.26. The first-order valence-electron chi connectivity index (χ1n) is 19.8. The van der Waals surface area contributed by atoms with Gasteiger partial charge in [-0.3, -0.25) is 0 Å².